The maximum absolute atomic E-state index is 15.3. The number of benzene rings is 4. The van der Waals surface area contributed by atoms with Gasteiger partial charge in [-0.1, -0.05) is 131 Å². The molecule has 0 spiro atoms. The van der Waals surface area contributed by atoms with Crippen molar-refractivity contribution in [2.45, 2.75) is 203 Å². The Bertz CT molecular complexity index is 4420. The number of aliphatic hydroxyl groups excluding tert-OH is 1. The first kappa shape index (κ1) is 91.4. The number of unbranched alkanes of at least 4 members (excludes halogenated alkanes) is 1. The van der Waals surface area contributed by atoms with Crippen molar-refractivity contribution in [1.82, 2.24) is 46.7 Å². The lowest BCUT2D eigenvalue weighted by Gasteiger charge is -2.42. The third-order valence-corrected chi connectivity index (χ3v) is 24.9. The number of phenols is 1. The van der Waals surface area contributed by atoms with E-state index in [0.29, 0.717) is 53.1 Å². The molecule has 4 aliphatic rings. The lowest BCUT2D eigenvalue weighted by atomic mass is 9.83. The first-order valence-corrected chi connectivity index (χ1v) is 42.2. The molecule has 9 amide bonds. The number of esters is 1. The fourth-order valence-electron chi connectivity index (χ4n) is 15.0. The number of nitrogens with one attached hydrogen (secondary N) is 7. The molecule has 0 saturated carbocycles. The number of nitrogens with two attached hydrogens (primary N) is 1. The van der Waals surface area contributed by atoms with Crippen LogP contribution in [0.15, 0.2) is 121 Å². The number of phenolic OH excluding ortho intramolecular Hbond substituents is 1. The number of aliphatic hydroxyl groups is 2. The number of nitrogens with zero attached hydrogens (tertiary/aromatic N) is 3. The number of aromatic amines is 1. The van der Waals surface area contributed by atoms with E-state index in [9.17, 15) is 53.7 Å². The van der Waals surface area contributed by atoms with E-state index >= 15 is 14.4 Å². The van der Waals surface area contributed by atoms with E-state index in [-0.39, 0.29) is 99.7 Å². The van der Waals surface area contributed by atoms with Gasteiger partial charge in [-0.3, -0.25) is 48.5 Å². The molecule has 4 aliphatic heterocycles. The van der Waals surface area contributed by atoms with Crippen LogP contribution in [0.5, 0.6) is 11.5 Å². The van der Waals surface area contributed by atoms with Gasteiger partial charge in [0.1, 0.15) is 70.6 Å². The summed E-state index contributed by atoms with van der Waals surface area (Å²) in [5.74, 6) is -7.65. The van der Waals surface area contributed by atoms with Gasteiger partial charge >= 0.3 is 12.1 Å². The Hall–Kier alpha value is -9.54. The summed E-state index contributed by atoms with van der Waals surface area (Å²) in [6, 6.07) is 16.9. The molecule has 4 bridgehead atoms. The third kappa shape index (κ3) is 24.3. The van der Waals surface area contributed by atoms with Gasteiger partial charge in [0.2, 0.25) is 47.3 Å². The highest BCUT2D eigenvalue weighted by Gasteiger charge is 2.64. The van der Waals surface area contributed by atoms with Gasteiger partial charge in [-0.15, -0.1) is 0 Å². The number of methoxy groups -OCH3 is 2. The fourth-order valence-corrected chi connectivity index (χ4v) is 17.2. The molecule has 30 nitrogen and oxygen atoms in total. The highest BCUT2D eigenvalue weighted by Crippen LogP contribution is 2.49. The summed E-state index contributed by atoms with van der Waals surface area (Å²) in [5, 5.41) is 51.0. The zero-order valence-electron chi connectivity index (χ0n) is 67.7. The lowest BCUT2D eigenvalue weighted by molar-refractivity contribution is -0.161. The number of anilines is 1. The normalized spacial score (nSPS) is 26.6. The first-order chi connectivity index (χ1) is 55.8. The predicted molar refractivity (Wildman–Crippen MR) is 443 cm³/mol. The predicted octanol–water partition coefficient (Wildman–Crippen LogP) is 6.35. The summed E-state index contributed by atoms with van der Waals surface area (Å²) in [4.78, 5) is 166. The van der Waals surface area contributed by atoms with Crippen molar-refractivity contribution in [3.05, 3.63) is 148 Å². The van der Waals surface area contributed by atoms with Crippen LogP contribution >= 0.6 is 33.2 Å². The van der Waals surface area contributed by atoms with Crippen molar-refractivity contribution in [3.8, 4) is 11.5 Å². The van der Waals surface area contributed by atoms with Crippen molar-refractivity contribution >= 4 is 115 Å². The van der Waals surface area contributed by atoms with Crippen LogP contribution in [-0.4, -0.2) is 233 Å². The maximum atomic E-state index is 15.3. The molecule has 4 aromatic carbocycles. The standard InChI is InChI=1S/C84H110ClN11O19S2/c1-48-19-18-25-69(112-10)84(110)46-67(113-82(109)93-84)49(2)75-83(5,115-75)68(31-33-71(101)95(7)64-42-54(39-48)43-66(111-9)73(64)85)114-81(108)50(3)94(6)72(102)34-37-116-117-38-36-87-70(100)32-30-63-78(105)90-61(40-53-26-28-57(98)29-27-53)77(104)89-60(44-56-47-88-59-24-15-14-23-58(56)59)65(99)45-55(22-16-17-35-86)76(103)92-74(51(4)97)79(106)91-62(80(107)96(63)8)41-52-20-12-11-13-21-52/h11-15,18-21,23-29,42-43,47,49-51,55,60-63,67-69,74-75,88,97-98,110H,16-17,22,30-41,44-46,86H2,1-10H3,(H,87,100)(H,89,104)(H,90,105)(H,91,106)(H,92,103)(H,93,109)/b25-18+,48-19+/t49-,50+,51-,55-,60-,61+,62+,63+,67+,68+,69-,74+,75+,83+,84+/m1/s1. The van der Waals surface area contributed by atoms with Crippen molar-refractivity contribution in [2.24, 2.45) is 17.6 Å². The number of aromatic nitrogens is 1. The number of H-pyrrole nitrogens is 1. The summed E-state index contributed by atoms with van der Waals surface area (Å²) in [6.07, 6.45) is 0.293. The number of ketones is 1. The summed E-state index contributed by atoms with van der Waals surface area (Å²) in [5.41, 5.74) is 7.21. The number of hydrogen-bond donors (Lipinski definition) is 11. The highest BCUT2D eigenvalue weighted by atomic mass is 35.5. The molecule has 0 radical (unpaired) electrons. The lowest BCUT2D eigenvalue weighted by Crippen LogP contribution is -2.63. The number of fused-ring (bicyclic) bond motifs is 6. The summed E-state index contributed by atoms with van der Waals surface area (Å²) < 4.78 is 29.8. The number of likely N-dealkylation sites (N-methyl/N-ethyl adjacent to an activating group) is 2. The second-order valence-corrected chi connectivity index (χ2v) is 33.8. The van der Waals surface area contributed by atoms with E-state index in [2.05, 4.69) is 36.9 Å². The number of ether oxygens (including phenoxy) is 5. The minimum atomic E-state index is -1.91. The van der Waals surface area contributed by atoms with Gasteiger partial charge in [0.15, 0.2) is 11.5 Å². The molecule has 634 valence electrons. The van der Waals surface area contributed by atoms with Gasteiger partial charge in [-0.2, -0.15) is 0 Å². The van der Waals surface area contributed by atoms with E-state index < -0.39 is 156 Å². The van der Waals surface area contributed by atoms with Crippen LogP contribution in [-0.2, 0) is 92.6 Å². The van der Waals surface area contributed by atoms with E-state index in [1.807, 2.05) is 37.3 Å². The Labute approximate surface area is 694 Å². The van der Waals surface area contributed by atoms with Crippen LogP contribution in [0.4, 0.5) is 10.5 Å². The fraction of sp³-hybridized carbons (Fsp3) is 0.512. The number of epoxide rings is 1. The number of alkyl carbamates (subject to hydrolysis) is 1. The van der Waals surface area contributed by atoms with Crippen molar-refractivity contribution in [3.63, 3.8) is 0 Å². The molecule has 15 atom stereocenters. The first-order valence-electron chi connectivity index (χ1n) is 39.4. The molecule has 1 aromatic heterocycles. The second kappa shape index (κ2) is 42.2. The number of hydrogen-bond acceptors (Lipinski definition) is 22. The Balaban J connectivity index is 0.866. The zero-order valence-corrected chi connectivity index (χ0v) is 70.1. The van der Waals surface area contributed by atoms with Gasteiger partial charge in [0, 0.05) is 127 Å². The number of Topliss-reactive ketones (excluding diaryl/α,β-unsaturated/α-hetero) is 1. The Morgan fingerprint density at radius 1 is 0.829 bits per heavy atom. The quantitative estimate of drug-likeness (QED) is 0.0124. The van der Waals surface area contributed by atoms with Gasteiger partial charge in [-0.25, -0.2) is 9.59 Å². The molecule has 3 saturated heterocycles. The van der Waals surface area contributed by atoms with Crippen LogP contribution in [0, 0.1) is 11.8 Å². The number of carbonyl (C=O) groups is 11. The smallest absolute Gasteiger partial charge is 0.409 e. The topological polar surface area (TPSA) is 422 Å². The Morgan fingerprint density at radius 2 is 1.51 bits per heavy atom. The molecule has 9 rings (SSSR count). The number of rotatable bonds is 26. The van der Waals surface area contributed by atoms with E-state index in [1.54, 1.807) is 93.8 Å². The number of para-hydroxylation sites is 1. The van der Waals surface area contributed by atoms with Gasteiger partial charge in [-0.05, 0) is 119 Å². The number of amides is 9. The molecule has 3 fully saturated rings. The Kier molecular flexibility index (Phi) is 33.0. The molecular weight excluding hydrogens is 1570 g/mol. The number of carbonyl (C=O) groups excluding carboxylic acids is 11. The van der Waals surface area contributed by atoms with Crippen LogP contribution in [0.3, 0.4) is 0 Å². The maximum Gasteiger partial charge on any atom is 0.409 e. The monoisotopic (exact) mass is 1680 g/mol. The van der Waals surface area contributed by atoms with Crippen molar-refractivity contribution in [1.29, 1.82) is 0 Å². The average Bonchev–Trinajstić information content (AvgIpc) is 1.57. The van der Waals surface area contributed by atoms with Crippen LogP contribution < -0.4 is 47.3 Å². The second-order valence-electron chi connectivity index (χ2n) is 30.7. The van der Waals surface area contributed by atoms with Gasteiger partial charge in [0.25, 0.3) is 0 Å². The van der Waals surface area contributed by atoms with Gasteiger partial charge in [0.05, 0.1) is 31.0 Å². The molecule has 0 aliphatic carbocycles. The molecule has 5 aromatic rings. The number of aromatic hydroxyl groups is 1. The molecule has 0 unspecified atom stereocenters. The molecule has 12 N–H and O–H groups in total. The summed E-state index contributed by atoms with van der Waals surface area (Å²) >= 11 is 6.86. The van der Waals surface area contributed by atoms with Gasteiger partial charge < -0.3 is 91.0 Å². The van der Waals surface area contributed by atoms with Crippen molar-refractivity contribution in [2.75, 3.05) is 64.9 Å². The minimum Gasteiger partial charge on any atom is -0.508 e. The largest absolute Gasteiger partial charge is 0.508 e. The molecule has 5 heterocycles. The summed E-state index contributed by atoms with van der Waals surface area (Å²) in [7, 11) is 9.93. The van der Waals surface area contributed by atoms with Crippen LogP contribution in [0.25, 0.3) is 10.9 Å². The summed E-state index contributed by atoms with van der Waals surface area (Å²) in [6.45, 7) is 8.60. The van der Waals surface area contributed by atoms with Crippen LogP contribution in [0.1, 0.15) is 121 Å². The number of halogens is 1. The highest BCUT2D eigenvalue weighted by molar-refractivity contribution is 8.76. The minimum absolute atomic E-state index is 0.0188. The van der Waals surface area contributed by atoms with Crippen molar-refractivity contribution < 1.29 is 91.7 Å². The van der Waals surface area contributed by atoms with E-state index in [1.165, 1.54) is 85.7 Å². The number of allylic oxidation sites excluding steroid dienone is 3. The molecule has 117 heavy (non-hydrogen) atoms. The van der Waals surface area contributed by atoms with Crippen LogP contribution in [0.2, 0.25) is 5.02 Å². The molecule has 33 heteroatoms. The SMILES string of the molecule is COc1cc2cc(c1Cl)N(C)C(=O)CC[C@H](OC(=O)[C@H](C)N(C)C(=O)CCSSCCNC(=O)CC[C@H]1C(=O)N[C@@H](Cc3ccc(O)cc3)C(=O)N[C@H](Cc3c[nH]c4ccccc34)C(=O)C[C@@H](CCCCN)C(=O)N[C@@H]([C@@H](C)O)C(=O)N[C@@H](Cc3ccccc3)C(=O)N1C)[C@]1(C)O[C@H]1[C@H](C)[C@@H]1C[C@@](O)(NC(=O)O1)[C@H](OC)/C=C/C=C(\C)C2. The average molecular weight is 1680 g/mol. The zero-order chi connectivity index (χ0) is 85.0. The molecular formula is C84H110ClN11O19S2. The third-order valence-electron chi connectivity index (χ3n) is 22.1. The Morgan fingerprint density at radius 3 is 2.22 bits per heavy atom. The van der Waals surface area contributed by atoms with E-state index in [0.717, 1.165) is 26.9 Å². The van der Waals surface area contributed by atoms with E-state index in [4.69, 9.17) is 41.0 Å².